The van der Waals surface area contributed by atoms with Crippen LogP contribution in [0.1, 0.15) is 12.5 Å². The Bertz CT molecular complexity index is 557. The van der Waals surface area contributed by atoms with Crippen molar-refractivity contribution < 1.29 is 4.92 Å². The highest BCUT2D eigenvalue weighted by molar-refractivity contribution is 8.02. The van der Waals surface area contributed by atoms with Gasteiger partial charge in [-0.15, -0.1) is 10.2 Å². The van der Waals surface area contributed by atoms with Gasteiger partial charge in [-0.2, -0.15) is 0 Å². The molecule has 0 N–H and O–H groups in total. The minimum Gasteiger partial charge on any atom is -0.258 e. The minimum absolute atomic E-state index is 0.117. The fourth-order valence-electron chi connectivity index (χ4n) is 1.30. The third-order valence-corrected chi connectivity index (χ3v) is 5.31. The van der Waals surface area contributed by atoms with Gasteiger partial charge in [0.15, 0.2) is 8.68 Å². The summed E-state index contributed by atoms with van der Waals surface area (Å²) in [6.07, 6.45) is 0. The number of nitro groups is 1. The van der Waals surface area contributed by atoms with Crippen LogP contribution in [0.3, 0.4) is 0 Å². The normalized spacial score (nSPS) is 10.6. The van der Waals surface area contributed by atoms with E-state index in [1.807, 2.05) is 0 Å². The van der Waals surface area contributed by atoms with Gasteiger partial charge in [0.2, 0.25) is 0 Å². The van der Waals surface area contributed by atoms with Crippen molar-refractivity contribution in [3.63, 3.8) is 0 Å². The number of non-ortho nitro benzene ring substituents is 1. The van der Waals surface area contributed by atoms with Crippen molar-refractivity contribution in [1.82, 2.24) is 10.2 Å². The molecule has 0 radical (unpaired) electrons. The van der Waals surface area contributed by atoms with E-state index in [2.05, 4.69) is 17.1 Å². The summed E-state index contributed by atoms with van der Waals surface area (Å²) in [6.45, 7) is 2.08. The summed E-state index contributed by atoms with van der Waals surface area (Å²) < 4.78 is 1.91. The Morgan fingerprint density at radius 1 is 1.21 bits per heavy atom. The standard InChI is InChI=1S/C11H11N3O2S3/c1-2-17-10-12-13-11(19-10)18-7-8-3-5-9(6-4-8)14(15)16/h3-6H,2,7H2,1H3. The molecule has 1 aromatic carbocycles. The SMILES string of the molecule is CCSc1nnc(SCc2ccc([N+](=O)[O-])cc2)s1. The predicted molar refractivity (Wildman–Crippen MR) is 79.0 cm³/mol. The van der Waals surface area contributed by atoms with Gasteiger partial charge in [-0.25, -0.2) is 0 Å². The lowest BCUT2D eigenvalue weighted by molar-refractivity contribution is -0.384. The monoisotopic (exact) mass is 313 g/mol. The van der Waals surface area contributed by atoms with Crippen LogP contribution in [0, 0.1) is 10.1 Å². The number of benzene rings is 1. The van der Waals surface area contributed by atoms with Crippen molar-refractivity contribution in [3.8, 4) is 0 Å². The van der Waals surface area contributed by atoms with Crippen LogP contribution >= 0.6 is 34.9 Å². The maximum atomic E-state index is 10.5. The molecular weight excluding hydrogens is 302 g/mol. The highest BCUT2D eigenvalue weighted by Gasteiger charge is 2.07. The van der Waals surface area contributed by atoms with E-state index in [0.717, 1.165) is 25.7 Å². The van der Waals surface area contributed by atoms with Gasteiger partial charge in [0.25, 0.3) is 5.69 Å². The lowest BCUT2D eigenvalue weighted by Gasteiger charge is -1.98. The first-order valence-electron chi connectivity index (χ1n) is 5.51. The van der Waals surface area contributed by atoms with E-state index in [9.17, 15) is 10.1 Å². The molecule has 2 aromatic rings. The van der Waals surface area contributed by atoms with E-state index in [0.29, 0.717) is 0 Å². The van der Waals surface area contributed by atoms with Crippen LogP contribution in [0.25, 0.3) is 0 Å². The van der Waals surface area contributed by atoms with Crippen LogP contribution in [0.15, 0.2) is 32.9 Å². The predicted octanol–water partition coefficient (Wildman–Crippen LogP) is 3.85. The van der Waals surface area contributed by atoms with Crippen LogP contribution in [-0.2, 0) is 5.75 Å². The minimum atomic E-state index is -0.393. The van der Waals surface area contributed by atoms with Crippen LogP contribution < -0.4 is 0 Å². The smallest absolute Gasteiger partial charge is 0.258 e. The van der Waals surface area contributed by atoms with Crippen LogP contribution in [0.2, 0.25) is 0 Å². The fourth-order valence-corrected chi connectivity index (χ4v) is 4.17. The van der Waals surface area contributed by atoms with Crippen LogP contribution in [-0.4, -0.2) is 20.9 Å². The van der Waals surface area contributed by atoms with Crippen LogP contribution in [0.5, 0.6) is 0 Å². The van der Waals surface area contributed by atoms with Gasteiger partial charge in [0, 0.05) is 17.9 Å². The van der Waals surface area contributed by atoms with Gasteiger partial charge in [-0.1, -0.05) is 53.9 Å². The van der Waals surface area contributed by atoms with Crippen molar-refractivity contribution in [2.45, 2.75) is 21.4 Å². The number of rotatable bonds is 6. The molecule has 0 aliphatic heterocycles. The molecule has 0 aliphatic rings. The highest BCUT2D eigenvalue weighted by Crippen LogP contribution is 2.30. The average Bonchev–Trinajstić information content (AvgIpc) is 2.85. The lowest BCUT2D eigenvalue weighted by Crippen LogP contribution is -1.88. The molecule has 0 saturated heterocycles. The van der Waals surface area contributed by atoms with E-state index in [-0.39, 0.29) is 5.69 Å². The number of thioether (sulfide) groups is 2. The van der Waals surface area contributed by atoms with Gasteiger partial charge in [0.05, 0.1) is 4.92 Å². The van der Waals surface area contributed by atoms with E-state index in [1.165, 1.54) is 12.1 Å². The molecule has 0 atom stereocenters. The molecule has 1 aromatic heterocycles. The molecule has 19 heavy (non-hydrogen) atoms. The Labute approximate surface area is 123 Å². The molecule has 2 rings (SSSR count). The number of nitrogens with zero attached hydrogens (tertiary/aromatic N) is 3. The molecule has 8 heteroatoms. The zero-order valence-corrected chi connectivity index (χ0v) is 12.6. The molecule has 0 unspecified atom stereocenters. The first-order chi connectivity index (χ1) is 9.19. The largest absolute Gasteiger partial charge is 0.269 e. The molecule has 1 heterocycles. The van der Waals surface area contributed by atoms with E-state index < -0.39 is 4.92 Å². The summed E-state index contributed by atoms with van der Waals surface area (Å²) >= 11 is 4.86. The zero-order valence-electron chi connectivity index (χ0n) is 10.1. The number of hydrogen-bond acceptors (Lipinski definition) is 7. The van der Waals surface area contributed by atoms with Gasteiger partial charge < -0.3 is 0 Å². The summed E-state index contributed by atoms with van der Waals surface area (Å²) in [6, 6.07) is 6.59. The highest BCUT2D eigenvalue weighted by atomic mass is 32.2. The molecule has 100 valence electrons. The number of nitro benzene ring substituents is 1. The Hall–Kier alpha value is -1.12. The summed E-state index contributed by atoms with van der Waals surface area (Å²) in [5.74, 6) is 1.73. The van der Waals surface area contributed by atoms with Crippen molar-refractivity contribution in [3.05, 3.63) is 39.9 Å². The van der Waals surface area contributed by atoms with E-state index in [4.69, 9.17) is 0 Å². The Kier molecular flexibility index (Phi) is 5.17. The second-order valence-corrected chi connectivity index (χ2v) is 7.19. The fraction of sp³-hybridized carbons (Fsp3) is 0.273. The third kappa shape index (κ3) is 4.19. The van der Waals surface area contributed by atoms with E-state index in [1.54, 1.807) is 47.0 Å². The Balaban J connectivity index is 1.92. The van der Waals surface area contributed by atoms with Gasteiger partial charge >= 0.3 is 0 Å². The molecule has 0 bridgehead atoms. The maximum absolute atomic E-state index is 10.5. The van der Waals surface area contributed by atoms with Crippen molar-refractivity contribution in [2.24, 2.45) is 0 Å². The second kappa shape index (κ2) is 6.88. The molecule has 5 nitrogen and oxygen atoms in total. The van der Waals surface area contributed by atoms with Gasteiger partial charge in [-0.05, 0) is 11.3 Å². The van der Waals surface area contributed by atoms with E-state index >= 15 is 0 Å². The molecule has 0 amide bonds. The Morgan fingerprint density at radius 3 is 2.42 bits per heavy atom. The molecule has 0 aliphatic carbocycles. The maximum Gasteiger partial charge on any atom is 0.269 e. The average molecular weight is 313 g/mol. The van der Waals surface area contributed by atoms with Crippen molar-refractivity contribution in [1.29, 1.82) is 0 Å². The number of aromatic nitrogens is 2. The lowest BCUT2D eigenvalue weighted by atomic mass is 10.2. The molecular formula is C11H11N3O2S3. The summed E-state index contributed by atoms with van der Waals surface area (Å²) in [4.78, 5) is 10.1. The van der Waals surface area contributed by atoms with Crippen LogP contribution in [0.4, 0.5) is 5.69 Å². The second-order valence-electron chi connectivity index (χ2n) is 3.48. The van der Waals surface area contributed by atoms with Crippen molar-refractivity contribution in [2.75, 3.05) is 5.75 Å². The first kappa shape index (κ1) is 14.3. The Morgan fingerprint density at radius 2 is 1.84 bits per heavy atom. The van der Waals surface area contributed by atoms with Crippen molar-refractivity contribution >= 4 is 40.5 Å². The quantitative estimate of drug-likeness (QED) is 0.458. The molecule has 0 spiro atoms. The number of hydrogen-bond donors (Lipinski definition) is 0. The topological polar surface area (TPSA) is 68.9 Å². The summed E-state index contributed by atoms with van der Waals surface area (Å²) in [7, 11) is 0. The first-order valence-corrected chi connectivity index (χ1v) is 8.30. The molecule has 0 saturated carbocycles. The summed E-state index contributed by atoms with van der Waals surface area (Å²) in [5.41, 5.74) is 1.15. The third-order valence-electron chi connectivity index (χ3n) is 2.17. The summed E-state index contributed by atoms with van der Waals surface area (Å²) in [5, 5.41) is 18.7. The van der Waals surface area contributed by atoms with Gasteiger partial charge in [0.1, 0.15) is 0 Å². The van der Waals surface area contributed by atoms with Gasteiger partial charge in [-0.3, -0.25) is 10.1 Å². The molecule has 0 fully saturated rings. The zero-order chi connectivity index (χ0) is 13.7.